The van der Waals surface area contributed by atoms with Gasteiger partial charge in [-0.1, -0.05) is 308 Å². The largest absolute Gasteiger partial charge is 0.466 e. The van der Waals surface area contributed by atoms with E-state index in [2.05, 4.69) is 43.5 Å². The van der Waals surface area contributed by atoms with E-state index in [1.807, 2.05) is 0 Å². The third-order valence-corrected chi connectivity index (χ3v) is 15.7. The second-order valence-electron chi connectivity index (χ2n) is 23.1. The molecule has 3 N–H and O–H groups in total. The highest BCUT2D eigenvalue weighted by Gasteiger charge is 2.20. The topological polar surface area (TPSA) is 95.9 Å². The maximum absolute atomic E-state index is 12.5. The molecule has 0 aliphatic rings. The summed E-state index contributed by atoms with van der Waals surface area (Å²) in [6, 6.07) is -0.540. The molecule has 438 valence electrons. The molecule has 2 atom stereocenters. The van der Waals surface area contributed by atoms with Gasteiger partial charge in [0.1, 0.15) is 0 Å². The normalized spacial score (nSPS) is 12.6. The van der Waals surface area contributed by atoms with Crippen molar-refractivity contribution in [3.05, 3.63) is 24.3 Å². The first-order valence-electron chi connectivity index (χ1n) is 33.6. The van der Waals surface area contributed by atoms with E-state index in [4.69, 9.17) is 4.74 Å². The van der Waals surface area contributed by atoms with Crippen molar-refractivity contribution in [1.29, 1.82) is 0 Å². The lowest BCUT2D eigenvalue weighted by Gasteiger charge is -2.22. The summed E-state index contributed by atoms with van der Waals surface area (Å²) in [7, 11) is 0. The zero-order valence-electron chi connectivity index (χ0n) is 50.1. The molecule has 0 aromatic carbocycles. The Morgan fingerprint density at radius 1 is 0.365 bits per heavy atom. The van der Waals surface area contributed by atoms with Gasteiger partial charge in [-0.15, -0.1) is 0 Å². The van der Waals surface area contributed by atoms with Crippen molar-refractivity contribution < 1.29 is 24.5 Å². The van der Waals surface area contributed by atoms with Crippen LogP contribution in [0, 0.1) is 0 Å². The summed E-state index contributed by atoms with van der Waals surface area (Å²) in [6.45, 7) is 4.95. The van der Waals surface area contributed by atoms with Gasteiger partial charge in [0.15, 0.2) is 0 Å². The zero-order valence-corrected chi connectivity index (χ0v) is 50.1. The van der Waals surface area contributed by atoms with Gasteiger partial charge in [-0.2, -0.15) is 0 Å². The van der Waals surface area contributed by atoms with Crippen molar-refractivity contribution in [3.63, 3.8) is 0 Å². The number of aliphatic hydroxyl groups is 2. The van der Waals surface area contributed by atoms with Gasteiger partial charge in [0.05, 0.1) is 25.4 Å². The standard InChI is InChI=1S/C68H131NO5/c1-3-5-7-9-11-13-15-17-18-34-37-40-44-48-52-56-60-66(71)65(64-70)69-67(72)61-57-53-49-45-41-38-35-32-30-28-26-24-22-20-19-21-23-25-27-29-31-33-36-39-43-47-51-55-59-63-74-68(73)62-58-54-50-46-42-16-14-12-10-8-6-4-2/h12,14,19,21,65-66,70-71H,3-11,13,15-18,20,22-64H2,1-2H3,(H,69,72)/b14-12-,21-19-. The Hall–Kier alpha value is -1.66. The van der Waals surface area contributed by atoms with Gasteiger partial charge < -0.3 is 20.3 Å². The van der Waals surface area contributed by atoms with Crippen LogP contribution in [0.3, 0.4) is 0 Å². The lowest BCUT2D eigenvalue weighted by Crippen LogP contribution is -2.45. The van der Waals surface area contributed by atoms with Gasteiger partial charge in [0.2, 0.25) is 5.91 Å². The minimum atomic E-state index is -0.663. The van der Waals surface area contributed by atoms with Gasteiger partial charge in [-0.25, -0.2) is 0 Å². The first kappa shape index (κ1) is 72.3. The van der Waals surface area contributed by atoms with Crippen LogP contribution in [0.5, 0.6) is 0 Å². The van der Waals surface area contributed by atoms with E-state index in [1.165, 1.54) is 295 Å². The number of allylic oxidation sites excluding steroid dienone is 4. The molecule has 1 amide bonds. The van der Waals surface area contributed by atoms with Crippen LogP contribution in [-0.4, -0.2) is 47.4 Å². The Morgan fingerprint density at radius 2 is 0.635 bits per heavy atom. The molecule has 74 heavy (non-hydrogen) atoms. The number of esters is 1. The highest BCUT2D eigenvalue weighted by molar-refractivity contribution is 5.76. The van der Waals surface area contributed by atoms with Crippen LogP contribution in [-0.2, 0) is 14.3 Å². The summed E-state index contributed by atoms with van der Waals surface area (Å²) in [5.41, 5.74) is 0. The van der Waals surface area contributed by atoms with Crippen LogP contribution in [0.15, 0.2) is 24.3 Å². The minimum Gasteiger partial charge on any atom is -0.466 e. The van der Waals surface area contributed by atoms with Crippen molar-refractivity contribution in [2.75, 3.05) is 13.2 Å². The summed E-state index contributed by atoms with van der Waals surface area (Å²) in [5.74, 6) is -0.0245. The molecule has 0 radical (unpaired) electrons. The van der Waals surface area contributed by atoms with E-state index < -0.39 is 12.1 Å². The molecule has 0 saturated carbocycles. The third-order valence-electron chi connectivity index (χ3n) is 15.7. The molecular formula is C68H131NO5. The minimum absolute atomic E-state index is 0.00678. The molecular weight excluding hydrogens is 911 g/mol. The summed E-state index contributed by atoms with van der Waals surface area (Å²) >= 11 is 0. The first-order valence-corrected chi connectivity index (χ1v) is 33.6. The van der Waals surface area contributed by atoms with Crippen LogP contribution < -0.4 is 5.32 Å². The quantitative estimate of drug-likeness (QED) is 0.0320. The van der Waals surface area contributed by atoms with Gasteiger partial charge in [0, 0.05) is 12.8 Å². The number of carbonyl (C=O) groups excluding carboxylic acids is 2. The van der Waals surface area contributed by atoms with Crippen LogP contribution in [0.2, 0.25) is 0 Å². The number of nitrogens with one attached hydrogen (secondary N) is 1. The highest BCUT2D eigenvalue weighted by Crippen LogP contribution is 2.18. The maximum Gasteiger partial charge on any atom is 0.305 e. The number of carbonyl (C=O) groups is 2. The highest BCUT2D eigenvalue weighted by atomic mass is 16.5. The summed E-state index contributed by atoms with van der Waals surface area (Å²) in [5, 5.41) is 23.3. The van der Waals surface area contributed by atoms with Crippen LogP contribution in [0.4, 0.5) is 0 Å². The fraction of sp³-hybridized carbons (Fsp3) is 0.912. The van der Waals surface area contributed by atoms with Gasteiger partial charge >= 0.3 is 5.97 Å². The monoisotopic (exact) mass is 1040 g/mol. The van der Waals surface area contributed by atoms with E-state index >= 15 is 0 Å². The van der Waals surface area contributed by atoms with E-state index in [1.54, 1.807) is 0 Å². The van der Waals surface area contributed by atoms with Crippen molar-refractivity contribution >= 4 is 11.9 Å². The molecule has 0 aliphatic carbocycles. The first-order chi connectivity index (χ1) is 36.5. The Kier molecular flexibility index (Phi) is 62.4. The van der Waals surface area contributed by atoms with Crippen molar-refractivity contribution in [2.45, 2.75) is 386 Å². The Labute approximate surface area is 462 Å². The SMILES string of the molecule is CCCCC/C=C\CCCCCCCC(=O)OCCCCCCCCCCCCCC/C=C\CCCCCCCCCCCCCCCC(=O)NC(CO)C(O)CCCCCCCCCCCCCCCCCC. The number of amides is 1. The molecule has 0 saturated heterocycles. The van der Waals surface area contributed by atoms with Gasteiger partial charge in [0.25, 0.3) is 0 Å². The van der Waals surface area contributed by atoms with Crippen molar-refractivity contribution in [1.82, 2.24) is 5.32 Å². The smallest absolute Gasteiger partial charge is 0.305 e. The molecule has 0 aliphatic heterocycles. The lowest BCUT2D eigenvalue weighted by molar-refractivity contribution is -0.143. The van der Waals surface area contributed by atoms with E-state index in [9.17, 15) is 19.8 Å². The molecule has 0 spiro atoms. The number of rotatable bonds is 63. The van der Waals surface area contributed by atoms with E-state index in [0.717, 1.165) is 44.9 Å². The Balaban J connectivity index is 3.37. The number of unbranched alkanes of at least 4 members (excludes halogenated alkanes) is 48. The molecule has 0 heterocycles. The fourth-order valence-electron chi connectivity index (χ4n) is 10.6. The van der Waals surface area contributed by atoms with Crippen LogP contribution in [0.25, 0.3) is 0 Å². The average molecular weight is 1040 g/mol. The predicted molar refractivity (Wildman–Crippen MR) is 324 cm³/mol. The molecule has 0 fully saturated rings. The third kappa shape index (κ3) is 59.6. The fourth-order valence-corrected chi connectivity index (χ4v) is 10.6. The molecule has 0 bridgehead atoms. The molecule has 0 rings (SSSR count). The molecule has 6 heteroatoms. The Morgan fingerprint density at radius 3 is 0.986 bits per heavy atom. The molecule has 6 nitrogen and oxygen atoms in total. The van der Waals surface area contributed by atoms with Crippen LogP contribution in [0.1, 0.15) is 373 Å². The summed E-state index contributed by atoms with van der Waals surface area (Å²) in [6.07, 6.45) is 79.3. The predicted octanol–water partition coefficient (Wildman–Crippen LogP) is 21.4. The molecule has 2 unspecified atom stereocenters. The van der Waals surface area contributed by atoms with Crippen LogP contribution >= 0.6 is 0 Å². The molecule has 0 aromatic rings. The van der Waals surface area contributed by atoms with E-state index in [-0.39, 0.29) is 18.5 Å². The number of hydrogen-bond donors (Lipinski definition) is 3. The van der Waals surface area contributed by atoms with Gasteiger partial charge in [-0.3, -0.25) is 9.59 Å². The summed E-state index contributed by atoms with van der Waals surface area (Å²) < 4.78 is 5.47. The number of aliphatic hydroxyl groups excluding tert-OH is 2. The summed E-state index contributed by atoms with van der Waals surface area (Å²) in [4.78, 5) is 24.5. The Bertz CT molecular complexity index is 1150. The second kappa shape index (κ2) is 63.9. The van der Waals surface area contributed by atoms with E-state index in [0.29, 0.717) is 25.9 Å². The lowest BCUT2D eigenvalue weighted by atomic mass is 10.0. The van der Waals surface area contributed by atoms with Gasteiger partial charge in [-0.05, 0) is 77.0 Å². The maximum atomic E-state index is 12.5. The second-order valence-corrected chi connectivity index (χ2v) is 23.1. The number of ether oxygens (including phenoxy) is 1. The molecule has 0 aromatic heterocycles. The van der Waals surface area contributed by atoms with Crippen molar-refractivity contribution in [2.24, 2.45) is 0 Å². The van der Waals surface area contributed by atoms with Crippen molar-refractivity contribution in [3.8, 4) is 0 Å². The zero-order chi connectivity index (χ0) is 53.6. The average Bonchev–Trinajstić information content (AvgIpc) is 3.40. The number of hydrogen-bond acceptors (Lipinski definition) is 5.